The summed E-state index contributed by atoms with van der Waals surface area (Å²) >= 11 is 7.65. The van der Waals surface area contributed by atoms with Crippen LogP contribution < -0.4 is 19.6 Å². The third-order valence-electron chi connectivity index (χ3n) is 4.92. The van der Waals surface area contributed by atoms with Gasteiger partial charge < -0.3 is 14.2 Å². The highest BCUT2D eigenvalue weighted by molar-refractivity contribution is 7.21. The second-order valence-corrected chi connectivity index (χ2v) is 8.62. The molecule has 35 heavy (non-hydrogen) atoms. The third kappa shape index (κ3) is 5.62. The number of hydrogen-bond donors (Lipinski definition) is 1. The number of thiophene rings is 1. The fourth-order valence-electron chi connectivity index (χ4n) is 3.24. The molecule has 0 bridgehead atoms. The molecule has 0 fully saturated rings. The highest BCUT2D eigenvalue weighted by Crippen LogP contribution is 2.37. The number of benzene rings is 3. The molecule has 4 aromatic rings. The van der Waals surface area contributed by atoms with Gasteiger partial charge in [-0.05, 0) is 67.1 Å². The second-order valence-electron chi connectivity index (χ2n) is 7.19. The minimum atomic E-state index is -0.545. The zero-order valence-electron chi connectivity index (χ0n) is 18.9. The fourth-order valence-corrected chi connectivity index (χ4v) is 4.65. The van der Waals surface area contributed by atoms with E-state index in [0.717, 1.165) is 10.1 Å². The van der Waals surface area contributed by atoms with Gasteiger partial charge in [-0.15, -0.1) is 11.3 Å². The molecule has 3 aromatic carbocycles. The molecule has 9 heteroatoms. The van der Waals surface area contributed by atoms with Gasteiger partial charge >= 0.3 is 5.97 Å². The van der Waals surface area contributed by atoms with Crippen molar-refractivity contribution in [2.75, 3.05) is 13.7 Å². The summed E-state index contributed by atoms with van der Waals surface area (Å²) < 4.78 is 17.0. The van der Waals surface area contributed by atoms with Crippen LogP contribution in [0.5, 0.6) is 17.2 Å². The molecule has 1 aromatic heterocycles. The number of rotatable bonds is 8. The molecule has 7 nitrogen and oxygen atoms in total. The average molecular weight is 509 g/mol. The number of esters is 1. The average Bonchev–Trinajstić information content (AvgIpc) is 3.21. The molecule has 0 aliphatic heterocycles. The predicted octanol–water partition coefficient (Wildman–Crippen LogP) is 5.95. The van der Waals surface area contributed by atoms with E-state index >= 15 is 0 Å². The maximum Gasteiger partial charge on any atom is 0.355 e. The summed E-state index contributed by atoms with van der Waals surface area (Å²) in [7, 11) is 1.58. The number of methoxy groups -OCH3 is 1. The first-order valence-corrected chi connectivity index (χ1v) is 11.8. The van der Waals surface area contributed by atoms with Crippen LogP contribution in [0.25, 0.3) is 10.1 Å². The number of fused-ring (bicyclic) bond motifs is 1. The minimum Gasteiger partial charge on any atom is -0.497 e. The standard InChI is InChI=1S/C26H21ClN2O5S/c1-3-33-21-7-5-4-6-19(21)25(30)29-28-15-16-8-10-17(11-9-16)34-26(31)24-23(27)20-13-12-18(32-2)14-22(20)35-24/h4-15H,3H2,1-2H3,(H,29,30). The molecule has 1 N–H and O–H groups in total. The Hall–Kier alpha value is -3.88. The van der Waals surface area contributed by atoms with Crippen LogP contribution in [0.4, 0.5) is 0 Å². The Kier molecular flexibility index (Phi) is 7.64. The Bertz CT molecular complexity index is 1400. The molecule has 0 saturated heterocycles. The lowest BCUT2D eigenvalue weighted by Crippen LogP contribution is -2.18. The zero-order valence-corrected chi connectivity index (χ0v) is 20.5. The SMILES string of the molecule is CCOc1ccccc1C(=O)NN=Cc1ccc(OC(=O)c2sc3cc(OC)ccc3c2Cl)cc1. The maximum atomic E-state index is 12.7. The Balaban J connectivity index is 1.39. The molecular formula is C26H21ClN2O5S. The van der Waals surface area contributed by atoms with Crippen LogP contribution in [0, 0.1) is 0 Å². The highest BCUT2D eigenvalue weighted by Gasteiger charge is 2.19. The van der Waals surface area contributed by atoms with Gasteiger partial charge in [-0.2, -0.15) is 5.10 Å². The van der Waals surface area contributed by atoms with Crippen molar-refractivity contribution in [2.24, 2.45) is 5.10 Å². The fraction of sp³-hybridized carbons (Fsp3) is 0.115. The number of hydrogen-bond acceptors (Lipinski definition) is 7. The van der Waals surface area contributed by atoms with Gasteiger partial charge in [0.15, 0.2) is 0 Å². The van der Waals surface area contributed by atoms with Crippen molar-refractivity contribution in [3.05, 3.63) is 87.8 Å². The molecule has 178 valence electrons. The van der Waals surface area contributed by atoms with E-state index in [-0.39, 0.29) is 5.91 Å². The number of hydrazone groups is 1. The van der Waals surface area contributed by atoms with E-state index in [0.29, 0.717) is 44.9 Å². The summed E-state index contributed by atoms with van der Waals surface area (Å²) in [6.07, 6.45) is 1.49. The molecule has 0 radical (unpaired) electrons. The van der Waals surface area contributed by atoms with E-state index in [1.807, 2.05) is 19.1 Å². The maximum absolute atomic E-state index is 12.7. The van der Waals surface area contributed by atoms with Crippen LogP contribution in [-0.2, 0) is 0 Å². The highest BCUT2D eigenvalue weighted by atomic mass is 35.5. The summed E-state index contributed by atoms with van der Waals surface area (Å²) in [6, 6.07) is 19.1. The number of nitrogens with zero attached hydrogens (tertiary/aromatic N) is 1. The van der Waals surface area contributed by atoms with Crippen molar-refractivity contribution in [2.45, 2.75) is 6.92 Å². The van der Waals surface area contributed by atoms with Gasteiger partial charge in [-0.3, -0.25) is 4.79 Å². The van der Waals surface area contributed by atoms with Crippen molar-refractivity contribution >= 4 is 51.1 Å². The number of ether oxygens (including phenoxy) is 3. The normalized spacial score (nSPS) is 10.9. The van der Waals surface area contributed by atoms with Crippen LogP contribution in [-0.4, -0.2) is 31.8 Å². The monoisotopic (exact) mass is 508 g/mol. The number of carbonyl (C=O) groups excluding carboxylic acids is 2. The summed E-state index contributed by atoms with van der Waals surface area (Å²) in [4.78, 5) is 25.4. The van der Waals surface area contributed by atoms with Gasteiger partial charge in [0.05, 0.1) is 30.5 Å². The first kappa shape index (κ1) is 24.3. The van der Waals surface area contributed by atoms with Gasteiger partial charge in [0.25, 0.3) is 5.91 Å². The van der Waals surface area contributed by atoms with Crippen LogP contribution in [0.15, 0.2) is 71.8 Å². The van der Waals surface area contributed by atoms with Crippen molar-refractivity contribution in [3.63, 3.8) is 0 Å². The van der Waals surface area contributed by atoms with Crippen LogP contribution in [0.3, 0.4) is 0 Å². The second kappa shape index (κ2) is 11.0. The van der Waals surface area contributed by atoms with Gasteiger partial charge in [0, 0.05) is 10.1 Å². The van der Waals surface area contributed by atoms with Crippen molar-refractivity contribution < 1.29 is 23.8 Å². The largest absolute Gasteiger partial charge is 0.497 e. The smallest absolute Gasteiger partial charge is 0.355 e. The van der Waals surface area contributed by atoms with E-state index in [1.54, 1.807) is 61.7 Å². The van der Waals surface area contributed by atoms with Crippen LogP contribution >= 0.6 is 22.9 Å². The van der Waals surface area contributed by atoms with Crippen molar-refractivity contribution in [3.8, 4) is 17.2 Å². The Labute approximate surface area is 210 Å². The van der Waals surface area contributed by atoms with Crippen LogP contribution in [0.2, 0.25) is 5.02 Å². The molecule has 4 rings (SSSR count). The van der Waals surface area contributed by atoms with Crippen LogP contribution in [0.1, 0.15) is 32.5 Å². The Morgan fingerprint density at radius 3 is 2.54 bits per heavy atom. The third-order valence-corrected chi connectivity index (χ3v) is 6.56. The summed E-state index contributed by atoms with van der Waals surface area (Å²) in [5, 5.41) is 5.11. The van der Waals surface area contributed by atoms with Crippen molar-refractivity contribution in [1.82, 2.24) is 5.43 Å². The van der Waals surface area contributed by atoms with E-state index in [1.165, 1.54) is 17.6 Å². The molecule has 0 atom stereocenters. The number of amides is 1. The lowest BCUT2D eigenvalue weighted by atomic mass is 10.2. The number of carbonyl (C=O) groups is 2. The Morgan fingerprint density at radius 2 is 1.80 bits per heavy atom. The minimum absolute atomic E-state index is 0.315. The number of halogens is 1. The number of para-hydroxylation sites is 1. The number of nitrogens with one attached hydrogen (secondary N) is 1. The molecular weight excluding hydrogens is 488 g/mol. The zero-order chi connectivity index (χ0) is 24.8. The van der Waals surface area contributed by atoms with Gasteiger partial charge in [0.2, 0.25) is 0 Å². The molecule has 1 amide bonds. The van der Waals surface area contributed by atoms with E-state index in [4.69, 9.17) is 25.8 Å². The van der Waals surface area contributed by atoms with Gasteiger partial charge in [0.1, 0.15) is 22.1 Å². The van der Waals surface area contributed by atoms with Gasteiger partial charge in [-0.1, -0.05) is 23.7 Å². The predicted molar refractivity (Wildman–Crippen MR) is 137 cm³/mol. The summed E-state index contributed by atoms with van der Waals surface area (Å²) in [6.45, 7) is 2.30. The lowest BCUT2D eigenvalue weighted by molar-refractivity contribution is 0.0739. The molecule has 0 unspecified atom stereocenters. The lowest BCUT2D eigenvalue weighted by Gasteiger charge is -2.08. The first-order chi connectivity index (χ1) is 17.0. The van der Waals surface area contributed by atoms with Crippen molar-refractivity contribution in [1.29, 1.82) is 0 Å². The molecule has 0 spiro atoms. The molecule has 0 aliphatic rings. The van der Waals surface area contributed by atoms with E-state index < -0.39 is 5.97 Å². The molecule has 0 saturated carbocycles. The first-order valence-electron chi connectivity index (χ1n) is 10.6. The summed E-state index contributed by atoms with van der Waals surface area (Å²) in [5.41, 5.74) is 3.58. The van der Waals surface area contributed by atoms with E-state index in [9.17, 15) is 9.59 Å². The molecule has 1 heterocycles. The molecule has 0 aliphatic carbocycles. The summed E-state index contributed by atoms with van der Waals surface area (Å²) in [5.74, 6) is 0.604. The topological polar surface area (TPSA) is 86.2 Å². The quantitative estimate of drug-likeness (QED) is 0.138. The Morgan fingerprint density at radius 1 is 1.06 bits per heavy atom. The van der Waals surface area contributed by atoms with E-state index in [2.05, 4.69) is 10.5 Å². The van der Waals surface area contributed by atoms with Gasteiger partial charge in [-0.25, -0.2) is 10.2 Å².